The summed E-state index contributed by atoms with van der Waals surface area (Å²) in [5, 5.41) is 7.66. The molecule has 0 spiro atoms. The van der Waals surface area contributed by atoms with Crippen molar-refractivity contribution in [2.24, 2.45) is 11.5 Å². The number of imidazole rings is 1. The van der Waals surface area contributed by atoms with Crippen molar-refractivity contribution in [3.63, 3.8) is 0 Å². The maximum absolute atomic E-state index is 13.7. The molecule has 2 heterocycles. The number of aromatic nitrogens is 2. The van der Waals surface area contributed by atoms with E-state index in [0.29, 0.717) is 31.2 Å². The number of carbonyl (C=O) groups is 1. The van der Waals surface area contributed by atoms with Crippen LogP contribution in [-0.2, 0) is 25.9 Å². The van der Waals surface area contributed by atoms with Crippen LogP contribution in [-0.4, -0.2) is 70.9 Å². The van der Waals surface area contributed by atoms with Gasteiger partial charge in [0.15, 0.2) is 0 Å². The molecule has 4 aromatic rings. The third kappa shape index (κ3) is 7.24. The zero-order chi connectivity index (χ0) is 30.3. The third-order valence-corrected chi connectivity index (χ3v) is 8.53. The van der Waals surface area contributed by atoms with Crippen LogP contribution in [0.15, 0.2) is 66.7 Å². The van der Waals surface area contributed by atoms with E-state index in [1.54, 1.807) is 12.0 Å². The molecule has 1 saturated heterocycles. The van der Waals surface area contributed by atoms with Gasteiger partial charge < -0.3 is 30.6 Å². The van der Waals surface area contributed by atoms with Crippen LogP contribution in [0.4, 0.5) is 0 Å². The number of fused-ring (bicyclic) bond motifs is 1. The molecular formula is C34H43N7O2. The molecule has 1 unspecified atom stereocenters. The lowest BCUT2D eigenvalue weighted by Gasteiger charge is -2.22. The smallest absolute Gasteiger partial charge is 0.254 e. The maximum atomic E-state index is 13.7. The highest BCUT2D eigenvalue weighted by Gasteiger charge is 2.23. The van der Waals surface area contributed by atoms with Crippen molar-refractivity contribution < 1.29 is 9.53 Å². The van der Waals surface area contributed by atoms with Crippen LogP contribution in [0, 0.1) is 5.41 Å². The predicted molar refractivity (Wildman–Crippen MR) is 172 cm³/mol. The number of nitrogens with zero attached hydrogens (tertiary/aromatic N) is 4. The Morgan fingerprint density at radius 2 is 1.86 bits per heavy atom. The van der Waals surface area contributed by atoms with Crippen molar-refractivity contribution in [2.75, 3.05) is 33.8 Å². The van der Waals surface area contributed by atoms with Crippen LogP contribution >= 0.6 is 0 Å². The fraction of sp³-hybridized carbons (Fsp3) is 0.382. The summed E-state index contributed by atoms with van der Waals surface area (Å²) in [6.07, 6.45) is 5.13. The second-order valence-electron chi connectivity index (χ2n) is 11.4. The highest BCUT2D eigenvalue weighted by Crippen LogP contribution is 2.25. The largest absolute Gasteiger partial charge is 0.497 e. The molecule has 226 valence electrons. The number of carbonyl (C=O) groups excluding carboxylic acids is 1. The molecule has 1 aromatic heterocycles. The minimum Gasteiger partial charge on any atom is -0.497 e. The Hall–Kier alpha value is -4.21. The zero-order valence-corrected chi connectivity index (χ0v) is 25.3. The van der Waals surface area contributed by atoms with Crippen LogP contribution in [0.2, 0.25) is 0 Å². The van der Waals surface area contributed by atoms with Crippen molar-refractivity contribution in [3.8, 4) is 5.75 Å². The van der Waals surface area contributed by atoms with Crippen molar-refractivity contribution in [1.82, 2.24) is 19.4 Å². The van der Waals surface area contributed by atoms with Gasteiger partial charge in [-0.1, -0.05) is 36.4 Å². The first-order valence-corrected chi connectivity index (χ1v) is 15.1. The van der Waals surface area contributed by atoms with Crippen molar-refractivity contribution in [2.45, 2.75) is 51.2 Å². The minimum absolute atomic E-state index is 0.0654. The van der Waals surface area contributed by atoms with Crippen molar-refractivity contribution in [3.05, 3.63) is 94.8 Å². The molecule has 9 nitrogen and oxygen atoms in total. The molecule has 1 amide bonds. The summed E-state index contributed by atoms with van der Waals surface area (Å²) in [6, 6.07) is 22.1. The van der Waals surface area contributed by atoms with Crippen LogP contribution in [0.5, 0.6) is 5.75 Å². The Bertz CT molecular complexity index is 1560. The lowest BCUT2D eigenvalue weighted by molar-refractivity contribution is 0.0748. The number of aryl methyl sites for hydroxylation is 3. The number of nitrogen functional groups attached to an aromatic ring is 1. The molecule has 1 atom stereocenters. The van der Waals surface area contributed by atoms with E-state index in [1.807, 2.05) is 66.7 Å². The van der Waals surface area contributed by atoms with Crippen molar-refractivity contribution in [1.29, 1.82) is 5.41 Å². The van der Waals surface area contributed by atoms with Gasteiger partial charge in [0.2, 0.25) is 0 Å². The van der Waals surface area contributed by atoms with Gasteiger partial charge in [-0.15, -0.1) is 0 Å². The Morgan fingerprint density at radius 3 is 2.56 bits per heavy atom. The Labute approximate surface area is 253 Å². The van der Waals surface area contributed by atoms with Gasteiger partial charge in [-0.25, -0.2) is 4.98 Å². The van der Waals surface area contributed by atoms with Gasteiger partial charge in [-0.2, -0.15) is 0 Å². The summed E-state index contributed by atoms with van der Waals surface area (Å²) in [6.45, 7) is 3.30. The van der Waals surface area contributed by atoms with Gasteiger partial charge in [-0.3, -0.25) is 10.2 Å². The molecule has 5 rings (SSSR count). The lowest BCUT2D eigenvalue weighted by Crippen LogP contribution is -2.34. The first-order chi connectivity index (χ1) is 20.9. The zero-order valence-electron chi connectivity index (χ0n) is 25.3. The maximum Gasteiger partial charge on any atom is 0.254 e. The topological polar surface area (TPSA) is 126 Å². The Morgan fingerprint density at radius 1 is 1.07 bits per heavy atom. The van der Waals surface area contributed by atoms with Gasteiger partial charge in [0.1, 0.15) is 17.4 Å². The van der Waals surface area contributed by atoms with Crippen molar-refractivity contribution >= 4 is 22.8 Å². The summed E-state index contributed by atoms with van der Waals surface area (Å²) in [4.78, 5) is 23.0. The van der Waals surface area contributed by atoms with Gasteiger partial charge in [0, 0.05) is 49.8 Å². The standard InChI is InChI=1S/C34H43N7O2/c1-39-18-4-6-28(39)16-19-41-31-14-13-27(34(42)40(20-17-35)23-25-5-3-7-29(21-25)43-2)22-30(31)38-32(41)15-10-24-8-11-26(12-9-24)33(36)37/h3,5,7-9,11-14,21-22,28H,4,6,10,15-20,23,35H2,1-2H3,(H3,36,37). The van der Waals surface area contributed by atoms with Gasteiger partial charge in [-0.05, 0) is 80.7 Å². The highest BCUT2D eigenvalue weighted by atomic mass is 16.5. The number of benzene rings is 3. The third-order valence-electron chi connectivity index (χ3n) is 8.53. The number of methoxy groups -OCH3 is 1. The quantitative estimate of drug-likeness (QED) is 0.161. The molecule has 43 heavy (non-hydrogen) atoms. The molecule has 0 saturated carbocycles. The van der Waals surface area contributed by atoms with Gasteiger partial charge in [0.05, 0.1) is 18.1 Å². The van der Waals surface area contributed by atoms with Crippen LogP contribution in [0.3, 0.4) is 0 Å². The monoisotopic (exact) mass is 581 g/mol. The molecular weight excluding hydrogens is 538 g/mol. The molecule has 0 bridgehead atoms. The van der Waals surface area contributed by atoms with E-state index in [4.69, 9.17) is 26.6 Å². The number of ether oxygens (including phenoxy) is 1. The fourth-order valence-electron chi connectivity index (χ4n) is 6.06. The predicted octanol–water partition coefficient (Wildman–Crippen LogP) is 4.20. The lowest BCUT2D eigenvalue weighted by atomic mass is 10.1. The summed E-state index contributed by atoms with van der Waals surface area (Å²) >= 11 is 0. The number of likely N-dealkylation sites (tertiary alicyclic amines) is 1. The minimum atomic E-state index is -0.0654. The normalized spacial score (nSPS) is 15.2. The highest BCUT2D eigenvalue weighted by molar-refractivity contribution is 5.97. The van der Waals surface area contributed by atoms with Crippen LogP contribution in [0.25, 0.3) is 11.0 Å². The second-order valence-corrected chi connectivity index (χ2v) is 11.4. The number of hydrogen-bond acceptors (Lipinski definition) is 6. The molecule has 3 aromatic carbocycles. The molecule has 5 N–H and O–H groups in total. The summed E-state index contributed by atoms with van der Waals surface area (Å²) in [7, 11) is 3.85. The van der Waals surface area contributed by atoms with Gasteiger partial charge >= 0.3 is 0 Å². The average molecular weight is 582 g/mol. The fourth-order valence-corrected chi connectivity index (χ4v) is 6.06. The summed E-state index contributed by atoms with van der Waals surface area (Å²) in [5.74, 6) is 1.79. The molecule has 9 heteroatoms. The number of nitrogens with one attached hydrogen (secondary N) is 1. The van der Waals surface area contributed by atoms with E-state index in [-0.39, 0.29) is 11.7 Å². The molecule has 0 radical (unpaired) electrons. The van der Waals surface area contributed by atoms with E-state index < -0.39 is 0 Å². The molecule has 0 aliphatic carbocycles. The summed E-state index contributed by atoms with van der Waals surface area (Å²) < 4.78 is 7.71. The van der Waals surface area contributed by atoms with Gasteiger partial charge in [0.25, 0.3) is 5.91 Å². The van der Waals surface area contributed by atoms with E-state index in [0.717, 1.165) is 66.1 Å². The average Bonchev–Trinajstić information content (AvgIpc) is 3.60. The molecule has 1 aliphatic rings. The second kappa shape index (κ2) is 13.8. The molecule has 1 aliphatic heterocycles. The van der Waals surface area contributed by atoms with E-state index in [1.165, 1.54) is 18.4 Å². The Balaban J connectivity index is 1.40. The summed E-state index contributed by atoms with van der Waals surface area (Å²) in [5.41, 5.74) is 16.9. The van der Waals surface area contributed by atoms with E-state index in [2.05, 4.69) is 16.5 Å². The molecule has 1 fully saturated rings. The first-order valence-electron chi connectivity index (χ1n) is 15.1. The SMILES string of the molecule is COc1cccc(CN(CCN)C(=O)c2ccc3c(c2)nc(CCc2ccc(C(=N)N)cc2)n3CCC2CCCN2C)c1. The number of rotatable bonds is 13. The van der Waals surface area contributed by atoms with Crippen LogP contribution < -0.4 is 16.2 Å². The Kier molecular flexibility index (Phi) is 9.74. The number of amides is 1. The van der Waals surface area contributed by atoms with Crippen LogP contribution in [0.1, 0.15) is 52.1 Å². The number of amidine groups is 1. The van der Waals surface area contributed by atoms with E-state index in [9.17, 15) is 4.79 Å². The van der Waals surface area contributed by atoms with E-state index >= 15 is 0 Å². The number of hydrogen-bond donors (Lipinski definition) is 3. The number of nitrogens with two attached hydrogens (primary N) is 2. The first kappa shape index (κ1) is 30.3.